The van der Waals surface area contributed by atoms with Gasteiger partial charge in [0.15, 0.2) is 0 Å². The van der Waals surface area contributed by atoms with Crippen LogP contribution in [-0.4, -0.2) is 99.1 Å². The van der Waals surface area contributed by atoms with Crippen LogP contribution in [0.2, 0.25) is 0 Å². The van der Waals surface area contributed by atoms with Gasteiger partial charge in [0.05, 0.1) is 18.2 Å². The zero-order chi connectivity index (χ0) is 20.3. The zero-order valence-corrected chi connectivity index (χ0v) is 18.5. The van der Waals surface area contributed by atoms with E-state index >= 15 is 0 Å². The van der Waals surface area contributed by atoms with Crippen molar-refractivity contribution in [3.8, 4) is 0 Å². The number of halogens is 1. The maximum atomic E-state index is 12.8. The Labute approximate surface area is 177 Å². The predicted molar refractivity (Wildman–Crippen MR) is 110 cm³/mol. The summed E-state index contributed by atoms with van der Waals surface area (Å²) >= 11 is 1.20. The van der Waals surface area contributed by atoms with E-state index in [9.17, 15) is 25.2 Å². The fourth-order valence-electron chi connectivity index (χ4n) is 4.13. The van der Waals surface area contributed by atoms with Crippen LogP contribution in [0.5, 0.6) is 0 Å². The van der Waals surface area contributed by atoms with Crippen LogP contribution in [0.25, 0.3) is 0 Å². The number of likely N-dealkylation sites (tertiary alicyclic amines) is 1. The Hall–Kier alpha value is -0.130. The van der Waals surface area contributed by atoms with Crippen LogP contribution in [0, 0.1) is 5.92 Å². The smallest absolute Gasteiger partial charge is 0.237 e. The molecule has 0 spiro atoms. The fraction of sp³-hybridized carbons (Fsp3) is 0.944. The first kappa shape index (κ1) is 25.9. The molecular weight excluding hydrogens is 408 g/mol. The van der Waals surface area contributed by atoms with Gasteiger partial charge in [-0.25, -0.2) is 0 Å². The summed E-state index contributed by atoms with van der Waals surface area (Å²) in [5.74, 6) is 0.245. The third-order valence-corrected chi connectivity index (χ3v) is 6.51. The van der Waals surface area contributed by atoms with Gasteiger partial charge >= 0.3 is 0 Å². The van der Waals surface area contributed by atoms with Gasteiger partial charge in [0.25, 0.3) is 0 Å². The molecule has 2 aliphatic rings. The standard InChI is InChI=1S/C18H34N2O6S.ClH/c1-5-6-10-7-11(20(3)8-10)17(25)19-12(9(2)21)16-14(23)13(22)15(24)18(26-16)27-4;/h9-16,18,21-24H,5-8H2,1-4H3,(H,19,25);1H/t9?,10-,11?,12-,13?,14-,15?,16-,18-;/m1./s1. The highest BCUT2D eigenvalue weighted by Crippen LogP contribution is 2.30. The minimum atomic E-state index is -1.42. The quantitative estimate of drug-likeness (QED) is 0.360. The second kappa shape index (κ2) is 11.3. The van der Waals surface area contributed by atoms with Crippen LogP contribution in [-0.2, 0) is 9.53 Å². The summed E-state index contributed by atoms with van der Waals surface area (Å²) in [7, 11) is 1.91. The van der Waals surface area contributed by atoms with Crippen molar-refractivity contribution in [3.05, 3.63) is 0 Å². The minimum Gasteiger partial charge on any atom is -0.391 e. The normalized spacial score (nSPS) is 38.5. The number of nitrogens with one attached hydrogen (secondary N) is 1. The second-order valence-electron chi connectivity index (χ2n) is 7.80. The summed E-state index contributed by atoms with van der Waals surface area (Å²) in [6.45, 7) is 4.48. The van der Waals surface area contributed by atoms with Crippen molar-refractivity contribution in [2.24, 2.45) is 5.92 Å². The summed E-state index contributed by atoms with van der Waals surface area (Å²) in [5.41, 5.74) is -0.755. The van der Waals surface area contributed by atoms with E-state index in [0.717, 1.165) is 25.8 Å². The lowest BCUT2D eigenvalue weighted by atomic mass is 9.92. The number of likely N-dealkylation sites (N-methyl/N-ethyl adjacent to an activating group) is 1. The van der Waals surface area contributed by atoms with Crippen LogP contribution in [0.4, 0.5) is 0 Å². The summed E-state index contributed by atoms with van der Waals surface area (Å²) < 4.78 is 5.72. The molecule has 8 nitrogen and oxygen atoms in total. The monoisotopic (exact) mass is 442 g/mol. The van der Waals surface area contributed by atoms with E-state index in [4.69, 9.17) is 4.74 Å². The molecule has 0 saturated carbocycles. The van der Waals surface area contributed by atoms with E-state index in [1.165, 1.54) is 18.7 Å². The van der Waals surface area contributed by atoms with Crippen molar-refractivity contribution in [2.45, 2.75) is 81.1 Å². The molecular formula is C18H35ClN2O6S. The van der Waals surface area contributed by atoms with E-state index in [1.807, 2.05) is 11.9 Å². The molecule has 2 rings (SSSR count). The molecule has 0 aromatic heterocycles. The minimum absolute atomic E-state index is 0. The second-order valence-corrected chi connectivity index (χ2v) is 8.73. The zero-order valence-electron chi connectivity index (χ0n) is 16.9. The van der Waals surface area contributed by atoms with Gasteiger partial charge in [0.2, 0.25) is 5.91 Å². The van der Waals surface area contributed by atoms with Crippen molar-refractivity contribution in [1.29, 1.82) is 0 Å². The van der Waals surface area contributed by atoms with Gasteiger partial charge in [-0.3, -0.25) is 9.69 Å². The number of ether oxygens (including phenoxy) is 1. The molecule has 2 saturated heterocycles. The molecule has 9 atom stereocenters. The third-order valence-electron chi connectivity index (χ3n) is 5.66. The Morgan fingerprint density at radius 1 is 1.29 bits per heavy atom. The predicted octanol–water partition coefficient (Wildman–Crippen LogP) is -0.435. The van der Waals surface area contributed by atoms with Gasteiger partial charge in [0, 0.05) is 6.54 Å². The molecule has 2 heterocycles. The maximum Gasteiger partial charge on any atom is 0.237 e. The SMILES string of the molecule is CCC[C@@H]1CC(C(=O)N[C@H](C(C)O)[C@H]2O[C@H](SC)C(O)C(O)[C@H]2O)N(C)C1.Cl. The van der Waals surface area contributed by atoms with Crippen molar-refractivity contribution < 1.29 is 30.0 Å². The summed E-state index contributed by atoms with van der Waals surface area (Å²) in [4.78, 5) is 14.9. The first-order valence-corrected chi connectivity index (χ1v) is 10.9. The molecule has 28 heavy (non-hydrogen) atoms. The van der Waals surface area contributed by atoms with Gasteiger partial charge in [-0.2, -0.15) is 0 Å². The molecule has 4 unspecified atom stereocenters. The van der Waals surface area contributed by atoms with E-state index in [1.54, 1.807) is 6.26 Å². The Morgan fingerprint density at radius 3 is 2.46 bits per heavy atom. The molecule has 2 aliphatic heterocycles. The summed E-state index contributed by atoms with van der Waals surface area (Å²) in [6, 6.07) is -1.20. The highest BCUT2D eigenvalue weighted by Gasteiger charge is 2.48. The highest BCUT2D eigenvalue weighted by molar-refractivity contribution is 7.99. The highest BCUT2D eigenvalue weighted by atomic mass is 35.5. The number of aliphatic hydroxyl groups is 4. The van der Waals surface area contributed by atoms with Crippen LogP contribution in [0.1, 0.15) is 33.1 Å². The van der Waals surface area contributed by atoms with Crippen molar-refractivity contribution >= 4 is 30.1 Å². The number of hydrogen-bond acceptors (Lipinski definition) is 8. The molecule has 166 valence electrons. The lowest BCUT2D eigenvalue weighted by Crippen LogP contribution is -2.65. The molecule has 0 aromatic rings. The van der Waals surface area contributed by atoms with Crippen molar-refractivity contribution in [3.63, 3.8) is 0 Å². The first-order chi connectivity index (χ1) is 12.7. The van der Waals surface area contributed by atoms with Crippen molar-refractivity contribution in [1.82, 2.24) is 10.2 Å². The number of amides is 1. The third kappa shape index (κ3) is 5.72. The number of thioether (sulfide) groups is 1. The van der Waals surface area contributed by atoms with Gasteiger partial charge in [0.1, 0.15) is 29.9 Å². The Morgan fingerprint density at radius 2 is 1.93 bits per heavy atom. The Bertz CT molecular complexity index is 501. The van der Waals surface area contributed by atoms with Crippen LogP contribution in [0.15, 0.2) is 0 Å². The lowest BCUT2D eigenvalue weighted by Gasteiger charge is -2.44. The molecule has 1 amide bonds. The van der Waals surface area contributed by atoms with Crippen LogP contribution < -0.4 is 5.32 Å². The summed E-state index contributed by atoms with van der Waals surface area (Å²) in [6.07, 6.45) is -1.50. The maximum absolute atomic E-state index is 12.8. The van der Waals surface area contributed by atoms with E-state index in [2.05, 4.69) is 12.2 Å². The van der Waals surface area contributed by atoms with E-state index < -0.39 is 42.0 Å². The van der Waals surface area contributed by atoms with Gasteiger partial charge in [-0.1, -0.05) is 13.3 Å². The lowest BCUT2D eigenvalue weighted by molar-refractivity contribution is -0.211. The van der Waals surface area contributed by atoms with Crippen molar-refractivity contribution in [2.75, 3.05) is 19.8 Å². The number of rotatable bonds is 7. The number of aliphatic hydroxyl groups excluding tert-OH is 4. The van der Waals surface area contributed by atoms with Crippen LogP contribution >= 0.6 is 24.2 Å². The average Bonchev–Trinajstić information content (AvgIpc) is 2.99. The average molecular weight is 443 g/mol. The molecule has 0 bridgehead atoms. The molecule has 0 radical (unpaired) electrons. The van der Waals surface area contributed by atoms with E-state index in [-0.39, 0.29) is 24.4 Å². The molecule has 2 fully saturated rings. The number of carbonyl (C=O) groups is 1. The number of nitrogens with zero attached hydrogens (tertiary/aromatic N) is 1. The van der Waals surface area contributed by atoms with Gasteiger partial charge in [-0.15, -0.1) is 24.2 Å². The molecule has 5 N–H and O–H groups in total. The van der Waals surface area contributed by atoms with Gasteiger partial charge < -0.3 is 30.5 Å². The first-order valence-electron chi connectivity index (χ1n) is 9.62. The molecule has 0 aromatic carbocycles. The fourth-order valence-corrected chi connectivity index (χ4v) is 4.81. The largest absolute Gasteiger partial charge is 0.391 e. The number of carbonyl (C=O) groups excluding carboxylic acids is 1. The topological polar surface area (TPSA) is 122 Å². The summed E-state index contributed by atoms with van der Waals surface area (Å²) in [5, 5.41) is 43.5. The van der Waals surface area contributed by atoms with Crippen LogP contribution in [0.3, 0.4) is 0 Å². The van der Waals surface area contributed by atoms with Gasteiger partial charge in [-0.05, 0) is 39.0 Å². The molecule has 0 aliphatic carbocycles. The van der Waals surface area contributed by atoms with E-state index in [0.29, 0.717) is 5.92 Å². The molecule has 10 heteroatoms. The Kier molecular flexibility index (Phi) is 10.5. The number of hydrogen-bond donors (Lipinski definition) is 5. The Balaban J connectivity index is 0.00000392.